The summed E-state index contributed by atoms with van der Waals surface area (Å²) < 4.78 is 4.86. The molecule has 1 heterocycles. The van der Waals surface area contributed by atoms with Crippen molar-refractivity contribution in [2.24, 2.45) is 0 Å². The molecule has 0 saturated carbocycles. The van der Waals surface area contributed by atoms with Crippen molar-refractivity contribution in [3.63, 3.8) is 0 Å². The van der Waals surface area contributed by atoms with Crippen molar-refractivity contribution in [2.45, 2.75) is 0 Å². The van der Waals surface area contributed by atoms with Gasteiger partial charge in [0.05, 0.1) is 12.7 Å². The molecule has 0 aromatic carbocycles. The number of nitrogens with zero attached hydrogens (tertiary/aromatic N) is 2. The Labute approximate surface area is 72.9 Å². The van der Waals surface area contributed by atoms with E-state index in [2.05, 4.69) is 5.10 Å². The van der Waals surface area contributed by atoms with E-state index in [-0.39, 0.29) is 29.6 Å². The lowest BCUT2D eigenvalue weighted by molar-refractivity contribution is 0.133. The van der Waals surface area contributed by atoms with Crippen molar-refractivity contribution in [1.82, 2.24) is 9.94 Å². The molecule has 0 saturated heterocycles. The van der Waals surface area contributed by atoms with E-state index in [1.54, 1.807) is 0 Å². The SMILES string of the molecule is Nc1nn(O)c(=O)cc1OCCO. The van der Waals surface area contributed by atoms with Gasteiger partial charge in [-0.15, -0.1) is 5.10 Å². The Bertz CT molecular complexity index is 348. The summed E-state index contributed by atoms with van der Waals surface area (Å²) in [6.07, 6.45) is 0. The largest absolute Gasteiger partial charge is 0.487 e. The van der Waals surface area contributed by atoms with Crippen molar-refractivity contribution in [1.29, 1.82) is 0 Å². The van der Waals surface area contributed by atoms with Crippen molar-refractivity contribution < 1.29 is 15.1 Å². The molecule has 0 fully saturated rings. The molecule has 0 spiro atoms. The predicted molar refractivity (Wildman–Crippen MR) is 42.7 cm³/mol. The fraction of sp³-hybridized carbons (Fsp3) is 0.333. The molecule has 0 radical (unpaired) electrons. The highest BCUT2D eigenvalue weighted by Crippen LogP contribution is 2.13. The Morgan fingerprint density at radius 2 is 2.38 bits per heavy atom. The van der Waals surface area contributed by atoms with Crippen molar-refractivity contribution in [3.8, 4) is 5.75 Å². The van der Waals surface area contributed by atoms with Crippen LogP contribution in [0, 0.1) is 0 Å². The van der Waals surface area contributed by atoms with Gasteiger partial charge in [-0.05, 0) is 0 Å². The van der Waals surface area contributed by atoms with Crippen molar-refractivity contribution in [2.75, 3.05) is 18.9 Å². The highest BCUT2D eigenvalue weighted by atomic mass is 16.5. The van der Waals surface area contributed by atoms with Gasteiger partial charge in [-0.3, -0.25) is 4.79 Å². The van der Waals surface area contributed by atoms with Crippen LogP contribution < -0.4 is 16.0 Å². The first-order valence-corrected chi connectivity index (χ1v) is 3.48. The fourth-order valence-corrected chi connectivity index (χ4v) is 0.716. The highest BCUT2D eigenvalue weighted by Gasteiger charge is 2.05. The maximum atomic E-state index is 10.8. The number of aromatic nitrogens is 2. The van der Waals surface area contributed by atoms with E-state index >= 15 is 0 Å². The second-order valence-corrected chi connectivity index (χ2v) is 2.19. The Hall–Kier alpha value is -1.76. The molecule has 72 valence electrons. The molecular formula is C6H9N3O4. The van der Waals surface area contributed by atoms with Gasteiger partial charge < -0.3 is 20.8 Å². The van der Waals surface area contributed by atoms with Crippen LogP contribution in [0.4, 0.5) is 5.82 Å². The molecule has 1 aromatic rings. The van der Waals surface area contributed by atoms with Crippen LogP contribution in [-0.4, -0.2) is 33.5 Å². The van der Waals surface area contributed by atoms with E-state index in [1.165, 1.54) is 0 Å². The normalized spacial score (nSPS) is 9.92. The molecule has 4 N–H and O–H groups in total. The van der Waals surface area contributed by atoms with E-state index in [9.17, 15) is 4.79 Å². The zero-order chi connectivity index (χ0) is 9.84. The van der Waals surface area contributed by atoms with Gasteiger partial charge in [-0.25, -0.2) is 0 Å². The second kappa shape index (κ2) is 3.76. The van der Waals surface area contributed by atoms with Crippen LogP contribution in [0.3, 0.4) is 0 Å². The van der Waals surface area contributed by atoms with E-state index < -0.39 is 5.56 Å². The average Bonchev–Trinajstić information content (AvgIpc) is 2.09. The molecule has 0 amide bonds. The minimum atomic E-state index is -0.748. The topological polar surface area (TPSA) is 111 Å². The Balaban J connectivity index is 2.95. The standard InChI is InChI=1S/C6H9N3O4/c7-6-4(13-2-1-10)3-5(11)9(12)8-6/h3,10,12H,1-2H2,(H2,7,8). The van der Waals surface area contributed by atoms with Crippen LogP contribution in [0.5, 0.6) is 5.75 Å². The van der Waals surface area contributed by atoms with Gasteiger partial charge in [0.1, 0.15) is 6.61 Å². The lowest BCUT2D eigenvalue weighted by atomic mass is 10.5. The van der Waals surface area contributed by atoms with Gasteiger partial charge in [0.15, 0.2) is 11.6 Å². The minimum Gasteiger partial charge on any atom is -0.487 e. The third-order valence-electron chi connectivity index (χ3n) is 1.26. The summed E-state index contributed by atoms with van der Waals surface area (Å²) in [5.74, 6) is -0.0695. The monoisotopic (exact) mass is 187 g/mol. The van der Waals surface area contributed by atoms with Gasteiger partial charge in [0.2, 0.25) is 0 Å². The van der Waals surface area contributed by atoms with Crippen LogP contribution >= 0.6 is 0 Å². The minimum absolute atomic E-state index is 0.0146. The number of hydrogen-bond acceptors (Lipinski definition) is 6. The molecule has 1 aromatic heterocycles. The third-order valence-corrected chi connectivity index (χ3v) is 1.26. The summed E-state index contributed by atoms with van der Waals surface area (Å²) in [4.78, 5) is 10.9. The van der Waals surface area contributed by atoms with Gasteiger partial charge in [0.25, 0.3) is 0 Å². The zero-order valence-corrected chi connectivity index (χ0v) is 6.67. The number of anilines is 1. The lowest BCUT2D eigenvalue weighted by Crippen LogP contribution is -2.21. The van der Waals surface area contributed by atoms with Crippen LogP contribution in [0.15, 0.2) is 10.9 Å². The fourth-order valence-electron chi connectivity index (χ4n) is 0.716. The van der Waals surface area contributed by atoms with Gasteiger partial charge in [-0.2, -0.15) is 0 Å². The van der Waals surface area contributed by atoms with E-state index in [4.69, 9.17) is 20.8 Å². The third kappa shape index (κ3) is 2.09. The van der Waals surface area contributed by atoms with Crippen LogP contribution in [0.2, 0.25) is 0 Å². The number of nitrogens with two attached hydrogens (primary N) is 1. The molecule has 0 aliphatic rings. The van der Waals surface area contributed by atoms with Crippen LogP contribution in [0.1, 0.15) is 0 Å². The maximum Gasteiger partial charge on any atom is 0.306 e. The van der Waals surface area contributed by atoms with Crippen LogP contribution in [-0.2, 0) is 0 Å². The molecular weight excluding hydrogens is 178 g/mol. The summed E-state index contributed by atoms with van der Waals surface area (Å²) in [5, 5.41) is 20.4. The van der Waals surface area contributed by atoms with Crippen LogP contribution in [0.25, 0.3) is 0 Å². The first-order valence-electron chi connectivity index (χ1n) is 3.48. The maximum absolute atomic E-state index is 10.8. The number of aliphatic hydroxyl groups excluding tert-OH is 1. The zero-order valence-electron chi connectivity index (χ0n) is 6.67. The molecule has 13 heavy (non-hydrogen) atoms. The molecule has 0 bridgehead atoms. The Morgan fingerprint density at radius 1 is 1.69 bits per heavy atom. The van der Waals surface area contributed by atoms with Crippen molar-refractivity contribution >= 4 is 5.82 Å². The van der Waals surface area contributed by atoms with Gasteiger partial charge >= 0.3 is 5.56 Å². The Kier molecular flexibility index (Phi) is 2.70. The van der Waals surface area contributed by atoms with E-state index in [1.807, 2.05) is 0 Å². The number of aliphatic hydroxyl groups is 1. The van der Waals surface area contributed by atoms with E-state index in [0.29, 0.717) is 0 Å². The summed E-state index contributed by atoms with van der Waals surface area (Å²) >= 11 is 0. The molecule has 0 atom stereocenters. The first kappa shape index (κ1) is 9.33. The smallest absolute Gasteiger partial charge is 0.306 e. The average molecular weight is 187 g/mol. The molecule has 0 aliphatic carbocycles. The Morgan fingerprint density at radius 3 is 3.00 bits per heavy atom. The number of ether oxygens (including phenoxy) is 1. The number of hydrogen-bond donors (Lipinski definition) is 3. The van der Waals surface area contributed by atoms with Gasteiger partial charge in [0, 0.05) is 0 Å². The molecule has 7 heteroatoms. The number of nitrogen functional groups attached to an aromatic ring is 1. The molecule has 1 rings (SSSR count). The second-order valence-electron chi connectivity index (χ2n) is 2.19. The summed E-state index contributed by atoms with van der Waals surface area (Å²) in [6.45, 7) is -0.178. The van der Waals surface area contributed by atoms with Crippen molar-refractivity contribution in [3.05, 3.63) is 16.4 Å². The quantitative estimate of drug-likeness (QED) is 0.493. The molecule has 0 unspecified atom stereocenters. The van der Waals surface area contributed by atoms with Gasteiger partial charge in [-0.1, -0.05) is 4.85 Å². The molecule has 7 nitrogen and oxygen atoms in total. The summed E-state index contributed by atoms with van der Waals surface area (Å²) in [6, 6.07) is 0.984. The predicted octanol–water partition coefficient (Wildman–Crippen LogP) is -1.57. The summed E-state index contributed by atoms with van der Waals surface area (Å²) in [7, 11) is 0. The van der Waals surface area contributed by atoms with E-state index in [0.717, 1.165) is 6.07 Å². The molecule has 0 aliphatic heterocycles. The lowest BCUT2D eigenvalue weighted by Gasteiger charge is -2.05. The summed E-state index contributed by atoms with van der Waals surface area (Å²) in [5.41, 5.74) is 4.55. The number of rotatable bonds is 3. The highest BCUT2D eigenvalue weighted by molar-refractivity contribution is 5.43. The first-order chi connectivity index (χ1) is 6.15.